The fourth-order valence-electron chi connectivity index (χ4n) is 12.6. The summed E-state index contributed by atoms with van der Waals surface area (Å²) in [6.07, 6.45) is 15.9. The molecule has 0 bridgehead atoms. The lowest BCUT2D eigenvalue weighted by molar-refractivity contribution is -0.189. The fourth-order valence-corrected chi connectivity index (χ4v) is 13.3. The van der Waals surface area contributed by atoms with Gasteiger partial charge in [0.05, 0.1) is 12.2 Å². The molecule has 10 unspecified atom stereocenters. The van der Waals surface area contributed by atoms with E-state index in [1.54, 1.807) is 13.8 Å². The predicted molar refractivity (Wildman–Crippen MR) is 234 cm³/mol. The molecule has 2 fully saturated rings. The van der Waals surface area contributed by atoms with Crippen molar-refractivity contribution in [3.8, 4) is 0 Å². The number of allylic oxidation sites excluding steroid dienone is 2. The summed E-state index contributed by atoms with van der Waals surface area (Å²) < 4.78 is 58.3. The minimum Gasteiger partial charge on any atom is -0.459 e. The van der Waals surface area contributed by atoms with Crippen molar-refractivity contribution in [2.45, 2.75) is 219 Å². The number of esters is 2. The lowest BCUT2D eigenvalue weighted by Crippen LogP contribution is -2.63. The zero-order valence-corrected chi connectivity index (χ0v) is 39.5. The Morgan fingerprint density at radius 3 is 1.98 bits per heavy atom. The van der Waals surface area contributed by atoms with E-state index in [-0.39, 0.29) is 37.2 Å². The SMILES string of the molecule is CC(=O)OC1C(O)C2=C(CCC3C2(C)CC(OC(=O)CCCCCCCCCCCCCCCO)C(OS(=O)(=O)O)C3(C)C)C2=CCC(C(C)CCC3(C(C)(C)O)CO3)C21C. The highest BCUT2D eigenvalue weighted by atomic mass is 32.3. The first-order valence-electron chi connectivity index (χ1n) is 23.7. The minimum absolute atomic E-state index is 0.0336. The van der Waals surface area contributed by atoms with Crippen LogP contribution in [-0.4, -0.2) is 89.1 Å². The quantitative estimate of drug-likeness (QED) is 0.0312. The summed E-state index contributed by atoms with van der Waals surface area (Å²) in [6, 6.07) is 0. The van der Waals surface area contributed by atoms with Gasteiger partial charge in [-0.25, -0.2) is 4.18 Å². The molecule has 5 aliphatic rings. The Morgan fingerprint density at radius 2 is 1.48 bits per heavy atom. The third-order valence-corrected chi connectivity index (χ3v) is 16.5. The molecule has 0 amide bonds. The van der Waals surface area contributed by atoms with Gasteiger partial charge in [0.15, 0.2) is 0 Å². The molecule has 1 heterocycles. The topological polar surface area (TPSA) is 189 Å². The molecule has 350 valence electrons. The van der Waals surface area contributed by atoms with Crippen molar-refractivity contribution < 1.29 is 56.3 Å². The normalized spacial score (nSPS) is 33.6. The number of carbonyl (C=O) groups is 2. The molecule has 10 atom stereocenters. The van der Waals surface area contributed by atoms with Crippen molar-refractivity contribution >= 4 is 22.3 Å². The van der Waals surface area contributed by atoms with Crippen LogP contribution in [0, 0.1) is 34.0 Å². The van der Waals surface area contributed by atoms with Gasteiger partial charge in [-0.2, -0.15) is 8.42 Å². The van der Waals surface area contributed by atoms with Gasteiger partial charge in [-0.15, -0.1) is 0 Å². The first kappa shape index (κ1) is 50.1. The molecule has 5 rings (SSSR count). The zero-order valence-electron chi connectivity index (χ0n) is 38.6. The number of aliphatic hydroxyl groups excluding tert-OH is 2. The maximum atomic E-state index is 13.6. The molecule has 4 aliphatic carbocycles. The third-order valence-electron chi connectivity index (χ3n) is 16.1. The van der Waals surface area contributed by atoms with Crippen LogP contribution in [0.3, 0.4) is 0 Å². The number of rotatable bonds is 24. The van der Waals surface area contributed by atoms with Gasteiger partial charge in [0, 0.05) is 25.4 Å². The number of hydrogen-bond donors (Lipinski definition) is 4. The summed E-state index contributed by atoms with van der Waals surface area (Å²) in [5.41, 5.74) is -1.15. The van der Waals surface area contributed by atoms with Crippen LogP contribution < -0.4 is 0 Å². The van der Waals surface area contributed by atoms with Crippen molar-refractivity contribution in [2.75, 3.05) is 13.2 Å². The lowest BCUT2D eigenvalue weighted by Gasteiger charge is -2.62. The van der Waals surface area contributed by atoms with E-state index in [1.807, 2.05) is 13.8 Å². The van der Waals surface area contributed by atoms with Gasteiger partial charge in [-0.3, -0.25) is 14.1 Å². The van der Waals surface area contributed by atoms with E-state index in [0.717, 1.165) is 68.1 Å². The number of fused-ring (bicyclic) bond motifs is 4. The Labute approximate surface area is 366 Å². The average molecular weight is 881 g/mol. The Balaban J connectivity index is 1.30. The van der Waals surface area contributed by atoms with E-state index in [2.05, 4.69) is 26.8 Å². The van der Waals surface area contributed by atoms with Gasteiger partial charge in [0.2, 0.25) is 0 Å². The van der Waals surface area contributed by atoms with E-state index in [1.165, 1.54) is 45.4 Å². The summed E-state index contributed by atoms with van der Waals surface area (Å²) >= 11 is 0. The minimum atomic E-state index is -4.92. The van der Waals surface area contributed by atoms with Gasteiger partial charge < -0.3 is 29.5 Å². The first-order chi connectivity index (χ1) is 28.5. The van der Waals surface area contributed by atoms with Crippen LogP contribution in [0.25, 0.3) is 0 Å². The Kier molecular flexibility index (Phi) is 16.5. The summed E-state index contributed by atoms with van der Waals surface area (Å²) in [5, 5.41) is 32.4. The second-order valence-electron chi connectivity index (χ2n) is 21.0. The highest BCUT2D eigenvalue weighted by Gasteiger charge is 2.66. The maximum absolute atomic E-state index is 13.6. The average Bonchev–Trinajstić information content (AvgIpc) is 3.88. The van der Waals surface area contributed by atoms with Crippen molar-refractivity contribution in [3.05, 3.63) is 22.8 Å². The van der Waals surface area contributed by atoms with Crippen molar-refractivity contribution in [1.82, 2.24) is 0 Å². The smallest absolute Gasteiger partial charge is 0.397 e. The summed E-state index contributed by atoms with van der Waals surface area (Å²) in [7, 11) is -4.92. The van der Waals surface area contributed by atoms with E-state index < -0.39 is 74.2 Å². The van der Waals surface area contributed by atoms with Crippen LogP contribution in [0.15, 0.2) is 22.8 Å². The van der Waals surface area contributed by atoms with Crippen LogP contribution in [-0.2, 0) is 38.4 Å². The number of unbranched alkanes of at least 4 members (excludes halogenated alkanes) is 12. The molecule has 0 aromatic rings. The highest BCUT2D eigenvalue weighted by Crippen LogP contribution is 2.68. The van der Waals surface area contributed by atoms with Crippen molar-refractivity contribution in [1.29, 1.82) is 0 Å². The maximum Gasteiger partial charge on any atom is 0.397 e. The van der Waals surface area contributed by atoms with Crippen LogP contribution in [0.1, 0.15) is 184 Å². The van der Waals surface area contributed by atoms with E-state index >= 15 is 0 Å². The number of aliphatic hydroxyl groups is 3. The number of hydrogen-bond acceptors (Lipinski definition) is 11. The molecule has 13 heteroatoms. The number of carbonyl (C=O) groups excluding carboxylic acids is 2. The lowest BCUT2D eigenvalue weighted by atomic mass is 9.45. The Morgan fingerprint density at radius 1 is 0.918 bits per heavy atom. The molecular weight excluding hydrogens is 801 g/mol. The van der Waals surface area contributed by atoms with Gasteiger partial charge in [0.1, 0.15) is 30.0 Å². The van der Waals surface area contributed by atoms with Gasteiger partial charge in [-0.05, 0) is 111 Å². The van der Waals surface area contributed by atoms with Crippen molar-refractivity contribution in [3.63, 3.8) is 0 Å². The summed E-state index contributed by atoms with van der Waals surface area (Å²) in [5.74, 6) is -1.02. The molecule has 1 saturated heterocycles. The molecule has 12 nitrogen and oxygen atoms in total. The number of epoxide rings is 1. The fraction of sp³-hybridized carbons (Fsp3) is 0.875. The second kappa shape index (κ2) is 20.1. The summed E-state index contributed by atoms with van der Waals surface area (Å²) in [6.45, 7) is 15.8. The molecule has 1 aliphatic heterocycles. The molecular formula is C48H80O12S. The number of ether oxygens (including phenoxy) is 3. The third kappa shape index (κ3) is 11.2. The predicted octanol–water partition coefficient (Wildman–Crippen LogP) is 8.90. The molecule has 1 saturated carbocycles. The van der Waals surface area contributed by atoms with Gasteiger partial charge >= 0.3 is 22.3 Å². The van der Waals surface area contributed by atoms with Crippen molar-refractivity contribution in [2.24, 2.45) is 34.0 Å². The molecule has 61 heavy (non-hydrogen) atoms. The summed E-state index contributed by atoms with van der Waals surface area (Å²) in [4.78, 5) is 26.4. The van der Waals surface area contributed by atoms with Crippen LogP contribution >= 0.6 is 0 Å². The molecule has 0 aromatic heterocycles. The standard InChI is InChI=1S/C48H80O12S/c1-32(27-28-48(31-57-48)45(5,6)53)35-24-25-36-34-23-26-38-44(3,4)42(60-61(54,55)56)37(30-46(38,7)40(34)41(52)43(47(35,36)8)58-33(2)50)59-39(51)22-20-18-16-14-12-10-9-11-13-15-17-19-21-29-49/h25,32,35,37-38,41-43,49,52-53H,9-24,26-31H2,1-8H3,(H,54,55,56). The molecule has 4 N–H and O–H groups in total. The highest BCUT2D eigenvalue weighted by molar-refractivity contribution is 7.80. The van der Waals surface area contributed by atoms with E-state index in [9.17, 15) is 32.8 Å². The largest absolute Gasteiger partial charge is 0.459 e. The van der Waals surface area contributed by atoms with E-state index in [0.29, 0.717) is 32.3 Å². The first-order valence-corrected chi connectivity index (χ1v) is 25.0. The molecule has 0 aromatic carbocycles. The molecule has 0 spiro atoms. The molecule has 0 radical (unpaired) electrons. The Hall–Kier alpha value is -1.87. The zero-order chi connectivity index (χ0) is 45.0. The van der Waals surface area contributed by atoms with Crippen LogP contribution in [0.5, 0.6) is 0 Å². The van der Waals surface area contributed by atoms with Gasteiger partial charge in [-0.1, -0.05) is 111 Å². The van der Waals surface area contributed by atoms with E-state index in [4.69, 9.17) is 23.5 Å². The second-order valence-corrected chi connectivity index (χ2v) is 22.1. The van der Waals surface area contributed by atoms with Gasteiger partial charge in [0.25, 0.3) is 0 Å². The van der Waals surface area contributed by atoms with Crippen LogP contribution in [0.2, 0.25) is 0 Å². The van der Waals surface area contributed by atoms with Crippen LogP contribution in [0.4, 0.5) is 0 Å². The monoisotopic (exact) mass is 881 g/mol. The Bertz CT molecular complexity index is 1690.